The second kappa shape index (κ2) is 10.1. The van der Waals surface area contributed by atoms with Gasteiger partial charge in [0.15, 0.2) is 0 Å². The van der Waals surface area contributed by atoms with Crippen molar-refractivity contribution in [3.63, 3.8) is 0 Å². The van der Waals surface area contributed by atoms with Crippen LogP contribution in [0, 0.1) is 11.8 Å². The first-order chi connectivity index (χ1) is 20.0. The number of imide groups is 1. The van der Waals surface area contributed by atoms with Gasteiger partial charge in [-0.25, -0.2) is 4.79 Å². The number of rotatable bonds is 5. The summed E-state index contributed by atoms with van der Waals surface area (Å²) in [5.74, 6) is 4.81. The van der Waals surface area contributed by atoms with E-state index in [1.165, 1.54) is 32.3 Å². The molecule has 6 aromatic rings. The van der Waals surface area contributed by atoms with Gasteiger partial charge in [-0.2, -0.15) is 0 Å². The topological polar surface area (TPSA) is 63.7 Å². The van der Waals surface area contributed by atoms with E-state index in [-0.39, 0.29) is 6.42 Å². The second-order valence-corrected chi connectivity index (χ2v) is 11.0. The first-order valence-electron chi connectivity index (χ1n) is 13.2. The second-order valence-electron chi connectivity index (χ2n) is 9.83. The number of thiophene rings is 1. The molecule has 196 valence electrons. The molecular formula is C35H21NO4S. The Labute approximate surface area is 239 Å². The number of hydrogen-bond acceptors (Lipinski definition) is 5. The van der Waals surface area contributed by atoms with Gasteiger partial charge in [0.05, 0.1) is 6.42 Å². The minimum atomic E-state index is -0.647. The number of carbonyl (C=O) groups excluding carboxylic acids is 3. The van der Waals surface area contributed by atoms with Gasteiger partial charge in [-0.15, -0.1) is 11.3 Å². The average Bonchev–Trinajstić information content (AvgIpc) is 3.60. The molecule has 1 aliphatic heterocycles. The molecule has 0 saturated heterocycles. The Balaban J connectivity index is 1.06. The van der Waals surface area contributed by atoms with Gasteiger partial charge in [0.25, 0.3) is 11.8 Å². The molecular weight excluding hydrogens is 530 g/mol. The Morgan fingerprint density at radius 1 is 0.732 bits per heavy atom. The van der Waals surface area contributed by atoms with Crippen molar-refractivity contribution in [2.75, 3.05) is 0 Å². The molecule has 2 heterocycles. The lowest BCUT2D eigenvalue weighted by Gasteiger charge is -2.12. The Bertz CT molecular complexity index is 2060. The van der Waals surface area contributed by atoms with Crippen molar-refractivity contribution < 1.29 is 19.2 Å². The van der Waals surface area contributed by atoms with Gasteiger partial charge in [0.1, 0.15) is 0 Å². The summed E-state index contributed by atoms with van der Waals surface area (Å²) in [5.41, 5.74) is 3.01. The van der Waals surface area contributed by atoms with Crippen molar-refractivity contribution in [2.45, 2.75) is 12.8 Å². The van der Waals surface area contributed by atoms with E-state index in [4.69, 9.17) is 4.84 Å². The zero-order chi connectivity index (χ0) is 27.9. The van der Waals surface area contributed by atoms with Crippen LogP contribution in [-0.2, 0) is 25.6 Å². The van der Waals surface area contributed by atoms with Crippen LogP contribution in [0.25, 0.3) is 42.8 Å². The van der Waals surface area contributed by atoms with Crippen LogP contribution < -0.4 is 0 Å². The summed E-state index contributed by atoms with van der Waals surface area (Å²) in [6.45, 7) is 0. The summed E-state index contributed by atoms with van der Waals surface area (Å²) in [4.78, 5) is 42.2. The fourth-order valence-electron chi connectivity index (χ4n) is 5.22. The molecule has 1 aliphatic rings. The molecule has 0 aliphatic carbocycles. The van der Waals surface area contributed by atoms with E-state index >= 15 is 0 Å². The van der Waals surface area contributed by atoms with E-state index in [0.717, 1.165) is 38.6 Å². The minimum absolute atomic E-state index is 0.0641. The van der Waals surface area contributed by atoms with Crippen molar-refractivity contribution in [3.05, 3.63) is 119 Å². The van der Waals surface area contributed by atoms with Crippen LogP contribution in [0.4, 0.5) is 0 Å². The predicted molar refractivity (Wildman–Crippen MR) is 161 cm³/mol. The van der Waals surface area contributed by atoms with Gasteiger partial charge < -0.3 is 4.84 Å². The monoisotopic (exact) mass is 551 g/mol. The molecule has 0 radical (unpaired) electrons. The summed E-state index contributed by atoms with van der Waals surface area (Å²) in [6, 6.07) is 31.5. The summed E-state index contributed by atoms with van der Waals surface area (Å²) >= 11 is 1.59. The largest absolute Gasteiger partial charge is 0.333 e. The lowest BCUT2D eigenvalue weighted by Crippen LogP contribution is -2.32. The van der Waals surface area contributed by atoms with Crippen molar-refractivity contribution >= 4 is 61.4 Å². The molecule has 0 spiro atoms. The molecule has 2 amide bonds. The maximum Gasteiger partial charge on any atom is 0.333 e. The van der Waals surface area contributed by atoms with Crippen molar-refractivity contribution in [1.82, 2.24) is 5.06 Å². The smallest absolute Gasteiger partial charge is 0.330 e. The Morgan fingerprint density at radius 2 is 1.41 bits per heavy atom. The highest BCUT2D eigenvalue weighted by Gasteiger charge is 2.27. The van der Waals surface area contributed by atoms with E-state index < -0.39 is 17.8 Å². The molecule has 0 unspecified atom stereocenters. The lowest BCUT2D eigenvalue weighted by molar-refractivity contribution is -0.196. The normalized spacial score (nSPS) is 12.9. The lowest BCUT2D eigenvalue weighted by atomic mass is 9.92. The van der Waals surface area contributed by atoms with Crippen LogP contribution in [0.3, 0.4) is 0 Å². The van der Waals surface area contributed by atoms with Crippen molar-refractivity contribution in [3.8, 4) is 22.3 Å². The fourth-order valence-corrected chi connectivity index (χ4v) is 6.23. The van der Waals surface area contributed by atoms with Crippen LogP contribution >= 0.6 is 11.3 Å². The van der Waals surface area contributed by atoms with Gasteiger partial charge in [0.2, 0.25) is 0 Å². The predicted octanol–water partition coefficient (Wildman–Crippen LogP) is 7.03. The Hall–Kier alpha value is -5.25. The number of hydrogen-bond donors (Lipinski definition) is 0. The van der Waals surface area contributed by atoms with E-state index in [1.54, 1.807) is 11.3 Å². The molecule has 0 bridgehead atoms. The molecule has 41 heavy (non-hydrogen) atoms. The van der Waals surface area contributed by atoms with Gasteiger partial charge in [0, 0.05) is 33.0 Å². The third-order valence-electron chi connectivity index (χ3n) is 7.24. The average molecular weight is 552 g/mol. The fraction of sp³-hybridized carbons (Fsp3) is 0.0571. The molecule has 0 atom stereocenters. The van der Waals surface area contributed by atoms with Crippen LogP contribution in [0.2, 0.25) is 0 Å². The number of benzene rings is 5. The standard InChI is InChI=1S/C35H21NO4S/c37-31-19-20-32(38)36(31)40-33(39)21-16-28-15-18-30(41-28)24-8-5-22(6-9-24)4-7-23-10-11-27-13-12-25-2-1-3-26-14-17-29(23)35(27)34(25)26/h1-3,5-6,8-15,17-20H,16,21H2. The first-order valence-corrected chi connectivity index (χ1v) is 14.0. The van der Waals surface area contributed by atoms with Crippen LogP contribution in [-0.4, -0.2) is 22.8 Å². The van der Waals surface area contributed by atoms with Crippen LogP contribution in [0.5, 0.6) is 0 Å². The van der Waals surface area contributed by atoms with Crippen molar-refractivity contribution in [2.24, 2.45) is 0 Å². The maximum atomic E-state index is 12.1. The maximum absolute atomic E-state index is 12.1. The molecule has 1 aromatic heterocycles. The van der Waals surface area contributed by atoms with E-state index in [9.17, 15) is 14.4 Å². The minimum Gasteiger partial charge on any atom is -0.330 e. The van der Waals surface area contributed by atoms with Crippen molar-refractivity contribution in [1.29, 1.82) is 0 Å². The Kier molecular flexibility index (Phi) is 6.07. The SMILES string of the molecule is O=C(CCc1ccc(-c2ccc(C#Cc3ccc4ccc5cccc6ccc3c4c56)cc2)s1)ON1C(=O)C=CC1=O. The summed E-state index contributed by atoms with van der Waals surface area (Å²) in [6.07, 6.45) is 2.67. The quantitative estimate of drug-likeness (QED) is 0.131. The van der Waals surface area contributed by atoms with Crippen LogP contribution in [0.1, 0.15) is 22.4 Å². The molecule has 0 fully saturated rings. The summed E-state index contributed by atoms with van der Waals surface area (Å²) in [5, 5.41) is 7.91. The molecule has 6 heteroatoms. The highest BCUT2D eigenvalue weighted by Crippen LogP contribution is 2.36. The third kappa shape index (κ3) is 4.63. The highest BCUT2D eigenvalue weighted by molar-refractivity contribution is 7.15. The molecule has 5 nitrogen and oxygen atoms in total. The van der Waals surface area contributed by atoms with Gasteiger partial charge >= 0.3 is 5.97 Å². The molecule has 0 saturated carbocycles. The molecule has 0 N–H and O–H groups in total. The summed E-state index contributed by atoms with van der Waals surface area (Å²) < 4.78 is 0. The summed E-state index contributed by atoms with van der Waals surface area (Å²) in [7, 11) is 0. The van der Waals surface area contributed by atoms with E-state index in [1.807, 2.05) is 24.3 Å². The molecule has 5 aromatic carbocycles. The number of amides is 2. The molecule has 7 rings (SSSR count). The van der Waals surface area contributed by atoms with Gasteiger partial charge in [-0.3, -0.25) is 9.59 Å². The zero-order valence-electron chi connectivity index (χ0n) is 21.7. The highest BCUT2D eigenvalue weighted by atomic mass is 32.1. The number of carbonyl (C=O) groups is 3. The van der Waals surface area contributed by atoms with E-state index in [2.05, 4.69) is 78.6 Å². The Morgan fingerprint density at radius 3 is 2.17 bits per heavy atom. The first kappa shape index (κ1) is 24.8. The number of nitrogens with zero attached hydrogens (tertiary/aromatic N) is 1. The number of hydroxylamine groups is 2. The third-order valence-corrected chi connectivity index (χ3v) is 8.43. The van der Waals surface area contributed by atoms with Gasteiger partial charge in [-0.05, 0) is 74.6 Å². The van der Waals surface area contributed by atoms with E-state index in [0.29, 0.717) is 11.5 Å². The van der Waals surface area contributed by atoms with Gasteiger partial charge in [-0.1, -0.05) is 77.6 Å². The zero-order valence-corrected chi connectivity index (χ0v) is 22.5. The van der Waals surface area contributed by atoms with Crippen LogP contribution in [0.15, 0.2) is 103 Å². The number of aryl methyl sites for hydroxylation is 1.